The smallest absolute Gasteiger partial charge is 0.322 e. The number of urea groups is 1. The van der Waals surface area contributed by atoms with Gasteiger partial charge in [-0.15, -0.1) is 0 Å². The van der Waals surface area contributed by atoms with Gasteiger partial charge in [0, 0.05) is 24.8 Å². The van der Waals surface area contributed by atoms with E-state index in [4.69, 9.17) is 11.6 Å². The SMILES string of the molecule is CC1CCCN1c1cnn2c1CN(C(=O)Nc1ccc(F)c(Cl)c1)CC2. The maximum Gasteiger partial charge on any atom is 0.322 e. The van der Waals surface area contributed by atoms with Gasteiger partial charge in [-0.2, -0.15) is 5.10 Å². The van der Waals surface area contributed by atoms with Crippen molar-refractivity contribution in [2.24, 2.45) is 0 Å². The molecule has 0 saturated carbocycles. The van der Waals surface area contributed by atoms with Gasteiger partial charge in [0.05, 0.1) is 35.7 Å². The van der Waals surface area contributed by atoms with Gasteiger partial charge in [0.15, 0.2) is 0 Å². The fraction of sp³-hybridized carbons (Fsp3) is 0.444. The molecule has 1 atom stereocenters. The predicted molar refractivity (Wildman–Crippen MR) is 99.1 cm³/mol. The first-order valence-corrected chi connectivity index (χ1v) is 9.23. The highest BCUT2D eigenvalue weighted by atomic mass is 35.5. The summed E-state index contributed by atoms with van der Waals surface area (Å²) in [7, 11) is 0. The van der Waals surface area contributed by atoms with Gasteiger partial charge in [-0.25, -0.2) is 9.18 Å². The van der Waals surface area contributed by atoms with Gasteiger partial charge >= 0.3 is 6.03 Å². The number of rotatable bonds is 2. The monoisotopic (exact) mass is 377 g/mol. The summed E-state index contributed by atoms with van der Waals surface area (Å²) in [5.74, 6) is -0.504. The molecular weight excluding hydrogens is 357 g/mol. The van der Waals surface area contributed by atoms with E-state index >= 15 is 0 Å². The molecule has 138 valence electrons. The Morgan fingerprint density at radius 1 is 1.35 bits per heavy atom. The van der Waals surface area contributed by atoms with Crippen molar-refractivity contribution in [3.05, 3.63) is 40.9 Å². The van der Waals surface area contributed by atoms with Crippen LogP contribution in [-0.4, -0.2) is 39.8 Å². The molecule has 2 aliphatic heterocycles. The van der Waals surface area contributed by atoms with Crippen LogP contribution in [0.15, 0.2) is 24.4 Å². The van der Waals surface area contributed by atoms with Crippen LogP contribution in [0.1, 0.15) is 25.5 Å². The van der Waals surface area contributed by atoms with Crippen molar-refractivity contribution in [2.75, 3.05) is 23.3 Å². The van der Waals surface area contributed by atoms with Crippen LogP contribution < -0.4 is 10.2 Å². The Hall–Kier alpha value is -2.28. The summed E-state index contributed by atoms with van der Waals surface area (Å²) in [5, 5.41) is 7.28. The lowest BCUT2D eigenvalue weighted by Gasteiger charge is -2.31. The molecule has 26 heavy (non-hydrogen) atoms. The number of fused-ring (bicyclic) bond motifs is 1. The van der Waals surface area contributed by atoms with Crippen molar-refractivity contribution >= 4 is 29.0 Å². The van der Waals surface area contributed by atoms with Crippen molar-refractivity contribution in [1.29, 1.82) is 0 Å². The van der Waals surface area contributed by atoms with Crippen LogP contribution in [0.2, 0.25) is 5.02 Å². The van der Waals surface area contributed by atoms with Crippen molar-refractivity contribution in [2.45, 2.75) is 38.9 Å². The third-order valence-corrected chi connectivity index (χ3v) is 5.46. The standard InChI is InChI=1S/C18H21ClFN5O/c1-12-3-2-6-24(12)16-10-21-25-8-7-23(11-17(16)25)18(26)22-13-4-5-15(20)14(19)9-13/h4-5,9-10,12H,2-3,6-8,11H2,1H3,(H,22,26). The zero-order valence-corrected chi connectivity index (χ0v) is 15.3. The number of carbonyl (C=O) groups is 1. The number of anilines is 2. The second-order valence-corrected chi connectivity index (χ2v) is 7.27. The lowest BCUT2D eigenvalue weighted by Crippen LogP contribution is -2.41. The first-order valence-electron chi connectivity index (χ1n) is 8.85. The third kappa shape index (κ3) is 3.11. The van der Waals surface area contributed by atoms with E-state index in [0.717, 1.165) is 17.9 Å². The average Bonchev–Trinajstić information content (AvgIpc) is 3.23. The average molecular weight is 378 g/mol. The molecule has 0 aliphatic carbocycles. The molecule has 2 amide bonds. The van der Waals surface area contributed by atoms with E-state index in [2.05, 4.69) is 22.2 Å². The van der Waals surface area contributed by atoms with E-state index in [1.807, 2.05) is 10.9 Å². The minimum atomic E-state index is -0.504. The number of aromatic nitrogens is 2. The number of hydrogen-bond donors (Lipinski definition) is 1. The lowest BCUT2D eigenvalue weighted by atomic mass is 10.2. The molecule has 1 N–H and O–H groups in total. The number of nitrogens with one attached hydrogen (secondary N) is 1. The van der Waals surface area contributed by atoms with Crippen molar-refractivity contribution in [3.8, 4) is 0 Å². The summed E-state index contributed by atoms with van der Waals surface area (Å²) in [6.45, 7) is 4.99. The Balaban J connectivity index is 1.49. The van der Waals surface area contributed by atoms with Crippen molar-refractivity contribution < 1.29 is 9.18 Å². The highest BCUT2D eigenvalue weighted by molar-refractivity contribution is 6.31. The van der Waals surface area contributed by atoms with Gasteiger partial charge in [0.25, 0.3) is 0 Å². The number of nitrogens with zero attached hydrogens (tertiary/aromatic N) is 4. The van der Waals surface area contributed by atoms with Crippen LogP contribution in [-0.2, 0) is 13.1 Å². The summed E-state index contributed by atoms with van der Waals surface area (Å²) in [4.78, 5) is 16.8. The Bertz CT molecular complexity index is 839. The van der Waals surface area contributed by atoms with Crippen LogP contribution in [0.25, 0.3) is 0 Å². The Labute approximate surface area is 156 Å². The van der Waals surface area contributed by atoms with Gasteiger partial charge < -0.3 is 15.1 Å². The second kappa shape index (κ2) is 6.79. The molecule has 2 aliphatic rings. The lowest BCUT2D eigenvalue weighted by molar-refractivity contribution is 0.194. The van der Waals surface area contributed by atoms with Crippen LogP contribution in [0.5, 0.6) is 0 Å². The number of hydrogen-bond acceptors (Lipinski definition) is 3. The van der Waals surface area contributed by atoms with Crippen LogP contribution in [0.4, 0.5) is 20.6 Å². The molecule has 0 spiro atoms. The van der Waals surface area contributed by atoms with Gasteiger partial charge in [-0.05, 0) is 38.0 Å². The van der Waals surface area contributed by atoms with Crippen molar-refractivity contribution in [3.63, 3.8) is 0 Å². The Morgan fingerprint density at radius 3 is 2.92 bits per heavy atom. The fourth-order valence-electron chi connectivity index (χ4n) is 3.71. The number of halogens is 2. The molecule has 2 aromatic rings. The maximum atomic E-state index is 13.3. The van der Waals surface area contributed by atoms with Crippen LogP contribution in [0, 0.1) is 5.82 Å². The topological polar surface area (TPSA) is 53.4 Å². The molecule has 8 heteroatoms. The minimum absolute atomic E-state index is 0.00942. The van der Waals surface area contributed by atoms with Crippen LogP contribution in [0.3, 0.4) is 0 Å². The quantitative estimate of drug-likeness (QED) is 0.868. The summed E-state index contributed by atoms with van der Waals surface area (Å²) in [6, 6.07) is 4.44. The van der Waals surface area contributed by atoms with E-state index in [9.17, 15) is 9.18 Å². The second-order valence-electron chi connectivity index (χ2n) is 6.86. The third-order valence-electron chi connectivity index (χ3n) is 5.17. The van der Waals surface area contributed by atoms with E-state index in [1.54, 1.807) is 4.90 Å². The maximum absolute atomic E-state index is 13.3. The molecule has 1 aromatic heterocycles. The minimum Gasteiger partial charge on any atom is -0.366 e. The predicted octanol–water partition coefficient (Wildman–Crippen LogP) is 3.71. The van der Waals surface area contributed by atoms with E-state index in [1.165, 1.54) is 31.0 Å². The number of benzene rings is 1. The van der Waals surface area contributed by atoms with Gasteiger partial charge in [0.2, 0.25) is 0 Å². The van der Waals surface area contributed by atoms with Gasteiger partial charge in [0.1, 0.15) is 5.82 Å². The van der Waals surface area contributed by atoms with Crippen molar-refractivity contribution in [1.82, 2.24) is 14.7 Å². The zero-order chi connectivity index (χ0) is 18.3. The Morgan fingerprint density at radius 2 is 2.19 bits per heavy atom. The molecule has 0 bridgehead atoms. The fourth-order valence-corrected chi connectivity index (χ4v) is 3.89. The molecule has 1 unspecified atom stereocenters. The van der Waals surface area contributed by atoms with Crippen LogP contribution >= 0.6 is 11.6 Å². The Kier molecular flexibility index (Phi) is 4.48. The number of amides is 2. The summed E-state index contributed by atoms with van der Waals surface area (Å²) >= 11 is 5.79. The molecule has 4 rings (SSSR count). The van der Waals surface area contributed by atoms with Gasteiger partial charge in [-0.3, -0.25) is 4.68 Å². The molecule has 1 fully saturated rings. The number of carbonyl (C=O) groups excluding carboxylic acids is 1. The highest BCUT2D eigenvalue weighted by Crippen LogP contribution is 2.31. The molecule has 6 nitrogen and oxygen atoms in total. The first-order chi connectivity index (χ1) is 12.5. The molecule has 3 heterocycles. The molecule has 1 saturated heterocycles. The van der Waals surface area contributed by atoms with E-state index in [0.29, 0.717) is 31.4 Å². The van der Waals surface area contributed by atoms with E-state index in [-0.39, 0.29) is 11.1 Å². The van der Waals surface area contributed by atoms with Gasteiger partial charge in [-0.1, -0.05) is 11.6 Å². The largest absolute Gasteiger partial charge is 0.366 e. The normalized spacial score (nSPS) is 19.6. The zero-order valence-electron chi connectivity index (χ0n) is 14.6. The first kappa shape index (κ1) is 17.1. The molecule has 0 radical (unpaired) electrons. The summed E-state index contributed by atoms with van der Waals surface area (Å²) in [5.41, 5.74) is 2.67. The van der Waals surface area contributed by atoms with E-state index < -0.39 is 5.82 Å². The molecular formula is C18H21ClFN5O. The molecule has 1 aromatic carbocycles. The summed E-state index contributed by atoms with van der Waals surface area (Å²) < 4.78 is 15.3. The highest BCUT2D eigenvalue weighted by Gasteiger charge is 2.29. The summed E-state index contributed by atoms with van der Waals surface area (Å²) in [6.07, 6.45) is 4.28.